The summed E-state index contributed by atoms with van der Waals surface area (Å²) in [6, 6.07) is 26.6. The molecule has 9 nitrogen and oxygen atoms in total. The molecule has 1 fully saturated rings. The SMILES string of the molecule is CS(=O)(=O)N(NC(=O)C(c1ccccc1)C(C/C=C/c1ccccc1)C(=O)NOC1CCCCO1)c1ccccc1. The van der Waals surface area contributed by atoms with E-state index < -0.39 is 40.0 Å². The number of ether oxygens (including phenoxy) is 1. The van der Waals surface area contributed by atoms with E-state index in [0.29, 0.717) is 18.6 Å². The number of anilines is 1. The number of hydrogen-bond acceptors (Lipinski definition) is 6. The van der Waals surface area contributed by atoms with Crippen LogP contribution < -0.4 is 15.3 Å². The first-order chi connectivity index (χ1) is 19.8. The lowest BCUT2D eigenvalue weighted by atomic mass is 9.82. The fourth-order valence-corrected chi connectivity index (χ4v) is 5.37. The maximum atomic E-state index is 14.0. The third-order valence-corrected chi connectivity index (χ3v) is 7.61. The van der Waals surface area contributed by atoms with Gasteiger partial charge in [0.1, 0.15) is 0 Å². The lowest BCUT2D eigenvalue weighted by Gasteiger charge is -2.30. The number of hydroxylamine groups is 1. The lowest BCUT2D eigenvalue weighted by molar-refractivity contribution is -0.202. The van der Waals surface area contributed by atoms with Gasteiger partial charge in [-0.1, -0.05) is 91.0 Å². The van der Waals surface area contributed by atoms with Crippen molar-refractivity contribution in [1.82, 2.24) is 10.9 Å². The Morgan fingerprint density at radius 2 is 1.59 bits per heavy atom. The molecule has 0 spiro atoms. The van der Waals surface area contributed by atoms with Crippen LogP contribution >= 0.6 is 0 Å². The smallest absolute Gasteiger partial charge is 0.249 e. The predicted octanol–water partition coefficient (Wildman–Crippen LogP) is 4.56. The first-order valence-corrected chi connectivity index (χ1v) is 15.4. The lowest BCUT2D eigenvalue weighted by Crippen LogP contribution is -2.50. The van der Waals surface area contributed by atoms with E-state index in [1.807, 2.05) is 42.5 Å². The maximum Gasteiger partial charge on any atom is 0.249 e. The van der Waals surface area contributed by atoms with E-state index in [-0.39, 0.29) is 12.1 Å². The highest BCUT2D eigenvalue weighted by Gasteiger charge is 2.37. The minimum Gasteiger partial charge on any atom is -0.350 e. The van der Waals surface area contributed by atoms with Crippen LogP contribution in [-0.2, 0) is 29.2 Å². The quantitative estimate of drug-likeness (QED) is 0.305. The van der Waals surface area contributed by atoms with Gasteiger partial charge < -0.3 is 4.74 Å². The number of amides is 2. The van der Waals surface area contributed by atoms with Crippen LogP contribution in [0.15, 0.2) is 97.1 Å². The van der Waals surface area contributed by atoms with Gasteiger partial charge in [0, 0.05) is 13.0 Å². The van der Waals surface area contributed by atoms with Crippen LogP contribution in [0.2, 0.25) is 0 Å². The van der Waals surface area contributed by atoms with E-state index in [1.165, 1.54) is 0 Å². The number of hydrogen-bond donors (Lipinski definition) is 2. The molecule has 1 aliphatic rings. The van der Waals surface area contributed by atoms with Gasteiger partial charge in [-0.2, -0.15) is 4.41 Å². The summed E-state index contributed by atoms with van der Waals surface area (Å²) < 4.78 is 31.8. The van der Waals surface area contributed by atoms with Gasteiger partial charge in [-0.3, -0.25) is 15.0 Å². The van der Waals surface area contributed by atoms with Gasteiger partial charge in [0.05, 0.1) is 23.8 Å². The Hall–Kier alpha value is -3.99. The zero-order valence-corrected chi connectivity index (χ0v) is 23.7. The average Bonchev–Trinajstić information content (AvgIpc) is 2.99. The molecule has 1 aliphatic heterocycles. The van der Waals surface area contributed by atoms with Crippen LogP contribution in [-0.4, -0.2) is 39.4 Å². The Kier molecular flexibility index (Phi) is 10.7. The highest BCUT2D eigenvalue weighted by molar-refractivity contribution is 7.92. The minimum absolute atomic E-state index is 0.173. The third kappa shape index (κ3) is 8.75. The first kappa shape index (κ1) is 30.0. The number of sulfonamides is 1. The maximum absolute atomic E-state index is 14.0. The van der Waals surface area contributed by atoms with Gasteiger partial charge in [-0.05, 0) is 42.5 Å². The summed E-state index contributed by atoms with van der Waals surface area (Å²) in [5.74, 6) is -3.18. The van der Waals surface area contributed by atoms with Crippen LogP contribution in [0.4, 0.5) is 5.69 Å². The molecule has 3 aromatic rings. The van der Waals surface area contributed by atoms with Gasteiger partial charge in [-0.25, -0.2) is 18.7 Å². The molecule has 0 aromatic heterocycles. The van der Waals surface area contributed by atoms with Gasteiger partial charge >= 0.3 is 0 Å². The molecule has 2 amide bonds. The molecule has 0 bridgehead atoms. The van der Waals surface area contributed by atoms with Crippen molar-refractivity contribution in [2.45, 2.75) is 37.9 Å². The number of allylic oxidation sites excluding steroid dienone is 1. The number of hydrazine groups is 1. The normalized spacial score (nSPS) is 17.0. The summed E-state index contributed by atoms with van der Waals surface area (Å²) in [4.78, 5) is 33.2. The van der Waals surface area contributed by atoms with E-state index in [1.54, 1.807) is 60.7 Å². The highest BCUT2D eigenvalue weighted by atomic mass is 32.2. The molecule has 3 atom stereocenters. The van der Waals surface area contributed by atoms with Crippen LogP contribution in [0, 0.1) is 5.92 Å². The van der Waals surface area contributed by atoms with Crippen LogP contribution in [0.1, 0.15) is 42.7 Å². The monoisotopic (exact) mass is 577 g/mol. The summed E-state index contributed by atoms with van der Waals surface area (Å²) in [6.07, 6.45) is 6.78. The first-order valence-electron chi connectivity index (χ1n) is 13.5. The molecule has 0 aliphatic carbocycles. The molecule has 10 heteroatoms. The van der Waals surface area contributed by atoms with Crippen molar-refractivity contribution in [3.8, 4) is 0 Å². The molecule has 216 valence electrons. The molecule has 41 heavy (non-hydrogen) atoms. The molecule has 3 aromatic carbocycles. The fraction of sp³-hybridized carbons (Fsp3) is 0.290. The number of rotatable bonds is 12. The molecule has 1 heterocycles. The summed E-state index contributed by atoms with van der Waals surface area (Å²) in [7, 11) is -3.91. The summed E-state index contributed by atoms with van der Waals surface area (Å²) in [6.45, 7) is 0.541. The largest absolute Gasteiger partial charge is 0.350 e. The van der Waals surface area contributed by atoms with Crippen molar-refractivity contribution in [3.63, 3.8) is 0 Å². The minimum atomic E-state index is -3.91. The third-order valence-electron chi connectivity index (χ3n) is 6.64. The summed E-state index contributed by atoms with van der Waals surface area (Å²) in [5.41, 5.74) is 6.82. The second-order valence-corrected chi connectivity index (χ2v) is 11.6. The number of nitrogens with zero attached hydrogens (tertiary/aromatic N) is 1. The second-order valence-electron chi connectivity index (χ2n) is 9.76. The molecule has 4 rings (SSSR count). The number of carbonyl (C=O) groups is 2. The second kappa shape index (κ2) is 14.6. The fourth-order valence-electron chi connectivity index (χ4n) is 4.61. The van der Waals surface area contributed by atoms with Crippen molar-refractivity contribution >= 4 is 33.6 Å². The Balaban J connectivity index is 1.66. The van der Waals surface area contributed by atoms with E-state index >= 15 is 0 Å². The van der Waals surface area contributed by atoms with Crippen molar-refractivity contribution in [1.29, 1.82) is 0 Å². The van der Waals surface area contributed by atoms with Gasteiger partial charge in [0.25, 0.3) is 0 Å². The number of carbonyl (C=O) groups excluding carboxylic acids is 2. The van der Waals surface area contributed by atoms with Gasteiger partial charge in [0.15, 0.2) is 6.29 Å². The topological polar surface area (TPSA) is 114 Å². The van der Waals surface area contributed by atoms with Crippen LogP contribution in [0.5, 0.6) is 0 Å². The summed E-state index contributed by atoms with van der Waals surface area (Å²) >= 11 is 0. The molecular formula is C31H35N3O6S. The standard InChI is InChI=1S/C31H35N3O6S/c1-41(37,38)34(26-19-9-4-10-20-26)32-31(36)29(25-17-7-3-8-18-25)27(21-13-16-24-14-5-2-6-15-24)30(35)33-40-28-22-11-12-23-39-28/h2-10,13-20,27-29H,11-12,21-23H2,1H3,(H,32,36)(H,33,35)/b16-13+. The summed E-state index contributed by atoms with van der Waals surface area (Å²) in [5, 5.41) is 0. The molecule has 3 unspecified atom stereocenters. The van der Waals surface area contributed by atoms with E-state index in [0.717, 1.165) is 29.1 Å². The number of benzene rings is 3. The molecular weight excluding hydrogens is 542 g/mol. The molecule has 0 radical (unpaired) electrons. The predicted molar refractivity (Wildman–Crippen MR) is 157 cm³/mol. The average molecular weight is 578 g/mol. The Bertz CT molecular complexity index is 1400. The number of nitrogens with one attached hydrogen (secondary N) is 2. The van der Waals surface area contributed by atoms with Crippen molar-refractivity contribution in [3.05, 3.63) is 108 Å². The van der Waals surface area contributed by atoms with E-state index in [9.17, 15) is 18.0 Å². The molecule has 0 saturated carbocycles. The highest BCUT2D eigenvalue weighted by Crippen LogP contribution is 2.30. The molecule has 2 N–H and O–H groups in total. The Labute approximate surface area is 241 Å². The van der Waals surface area contributed by atoms with Crippen LogP contribution in [0.25, 0.3) is 6.08 Å². The zero-order chi connectivity index (χ0) is 29.1. The zero-order valence-electron chi connectivity index (χ0n) is 22.9. The molecule has 1 saturated heterocycles. The Morgan fingerprint density at radius 1 is 0.951 bits per heavy atom. The van der Waals surface area contributed by atoms with Gasteiger partial charge in [-0.15, -0.1) is 0 Å². The van der Waals surface area contributed by atoms with Crippen molar-refractivity contribution < 1.29 is 27.6 Å². The van der Waals surface area contributed by atoms with E-state index in [4.69, 9.17) is 9.57 Å². The van der Waals surface area contributed by atoms with Crippen molar-refractivity contribution in [2.75, 3.05) is 17.3 Å². The van der Waals surface area contributed by atoms with Gasteiger partial charge in [0.2, 0.25) is 21.8 Å². The van der Waals surface area contributed by atoms with Crippen molar-refractivity contribution in [2.24, 2.45) is 5.92 Å². The Morgan fingerprint density at radius 3 is 2.20 bits per heavy atom. The van der Waals surface area contributed by atoms with Crippen LogP contribution in [0.3, 0.4) is 0 Å². The van der Waals surface area contributed by atoms with E-state index in [2.05, 4.69) is 10.9 Å². The number of para-hydroxylation sites is 1.